The Kier molecular flexibility index (Phi) is 4.57. The number of furan rings is 1. The lowest BCUT2D eigenvalue weighted by molar-refractivity contribution is -0.0708. The van der Waals surface area contributed by atoms with Crippen molar-refractivity contribution in [3.05, 3.63) is 46.1 Å². The van der Waals surface area contributed by atoms with E-state index in [-0.39, 0.29) is 0 Å². The van der Waals surface area contributed by atoms with E-state index < -0.39 is 0 Å². The highest BCUT2D eigenvalue weighted by atomic mass is 35.5. The molecule has 0 spiro atoms. The van der Waals surface area contributed by atoms with Gasteiger partial charge in [0.2, 0.25) is 0 Å². The van der Waals surface area contributed by atoms with E-state index in [1.54, 1.807) is 6.07 Å². The highest BCUT2D eigenvalue weighted by Crippen LogP contribution is 2.61. The van der Waals surface area contributed by atoms with Gasteiger partial charge in [-0.05, 0) is 98.9 Å². The van der Waals surface area contributed by atoms with Crippen LogP contribution < -0.4 is 5.32 Å². The minimum absolute atomic E-state index is 0.514. The van der Waals surface area contributed by atoms with Gasteiger partial charge in [0, 0.05) is 16.6 Å². The zero-order valence-corrected chi connectivity index (χ0v) is 17.3. The van der Waals surface area contributed by atoms with E-state index in [1.165, 1.54) is 38.5 Å². The summed E-state index contributed by atoms with van der Waals surface area (Å²) in [6.45, 7) is 3.16. The molecule has 1 atom stereocenters. The van der Waals surface area contributed by atoms with Crippen LogP contribution in [-0.4, -0.2) is 6.04 Å². The first kappa shape index (κ1) is 18.1. The monoisotopic (exact) mass is 403 g/mol. The third-order valence-electron chi connectivity index (χ3n) is 7.44. The quantitative estimate of drug-likeness (QED) is 0.583. The van der Waals surface area contributed by atoms with Crippen LogP contribution in [-0.2, 0) is 6.54 Å². The zero-order chi connectivity index (χ0) is 18.6. The predicted molar refractivity (Wildman–Crippen MR) is 111 cm³/mol. The Balaban J connectivity index is 1.27. The summed E-state index contributed by atoms with van der Waals surface area (Å²) in [7, 11) is 0. The molecular weight excluding hydrogens is 377 g/mol. The Hall–Kier alpha value is -0.960. The van der Waals surface area contributed by atoms with Gasteiger partial charge in [-0.1, -0.05) is 23.2 Å². The maximum absolute atomic E-state index is 6.31. The summed E-state index contributed by atoms with van der Waals surface area (Å²) in [6, 6.07) is 10.0. The summed E-state index contributed by atoms with van der Waals surface area (Å²) in [5.41, 5.74) is 1.37. The van der Waals surface area contributed by atoms with Crippen LogP contribution in [0.2, 0.25) is 10.0 Å². The molecule has 4 fully saturated rings. The fraction of sp³-hybridized carbons (Fsp3) is 0.565. The molecule has 4 aliphatic rings. The zero-order valence-electron chi connectivity index (χ0n) is 15.8. The van der Waals surface area contributed by atoms with Crippen molar-refractivity contribution in [2.75, 3.05) is 0 Å². The maximum atomic E-state index is 6.31. The van der Waals surface area contributed by atoms with Crippen LogP contribution in [0, 0.1) is 23.2 Å². The number of hydrogen-bond donors (Lipinski definition) is 1. The molecule has 4 aliphatic carbocycles. The smallest absolute Gasteiger partial charge is 0.135 e. The molecule has 1 aromatic heterocycles. The topological polar surface area (TPSA) is 25.2 Å². The van der Waals surface area contributed by atoms with Crippen molar-refractivity contribution in [3.8, 4) is 11.3 Å². The number of rotatable bonds is 5. The van der Waals surface area contributed by atoms with Gasteiger partial charge in [0.25, 0.3) is 0 Å². The van der Waals surface area contributed by atoms with Crippen LogP contribution in [0.4, 0.5) is 0 Å². The Bertz CT molecular complexity index is 807. The Morgan fingerprint density at radius 2 is 1.70 bits per heavy atom. The second kappa shape index (κ2) is 6.83. The third kappa shape index (κ3) is 3.34. The third-order valence-corrected chi connectivity index (χ3v) is 8.01. The first-order valence-electron chi connectivity index (χ1n) is 10.3. The molecule has 1 N–H and O–H groups in total. The minimum atomic E-state index is 0.514. The summed E-state index contributed by atoms with van der Waals surface area (Å²) < 4.78 is 6.07. The molecule has 144 valence electrons. The van der Waals surface area contributed by atoms with Crippen molar-refractivity contribution in [1.82, 2.24) is 5.32 Å². The predicted octanol–water partition coefficient (Wildman–Crippen LogP) is 6.95. The molecule has 1 heterocycles. The molecule has 2 aromatic rings. The van der Waals surface area contributed by atoms with Crippen molar-refractivity contribution in [2.45, 2.75) is 58.0 Å². The molecule has 0 amide bonds. The highest BCUT2D eigenvalue weighted by Gasteiger charge is 2.52. The number of halogens is 2. The van der Waals surface area contributed by atoms with Crippen LogP contribution in [0.5, 0.6) is 0 Å². The molecule has 0 aliphatic heterocycles. The molecule has 6 rings (SSSR count). The summed E-state index contributed by atoms with van der Waals surface area (Å²) in [5, 5.41) is 5.12. The molecule has 1 aromatic carbocycles. The summed E-state index contributed by atoms with van der Waals surface area (Å²) in [6.07, 6.45) is 8.76. The lowest BCUT2D eigenvalue weighted by Gasteiger charge is -2.59. The van der Waals surface area contributed by atoms with Gasteiger partial charge in [-0.25, -0.2) is 0 Å². The lowest BCUT2D eigenvalue weighted by atomic mass is 9.48. The van der Waals surface area contributed by atoms with E-state index in [0.717, 1.165) is 41.4 Å². The fourth-order valence-electron chi connectivity index (χ4n) is 6.48. The van der Waals surface area contributed by atoms with Gasteiger partial charge in [-0.15, -0.1) is 0 Å². The van der Waals surface area contributed by atoms with E-state index >= 15 is 0 Å². The van der Waals surface area contributed by atoms with Gasteiger partial charge >= 0.3 is 0 Å². The van der Waals surface area contributed by atoms with Crippen molar-refractivity contribution in [1.29, 1.82) is 0 Å². The van der Waals surface area contributed by atoms with Crippen molar-refractivity contribution >= 4 is 23.2 Å². The number of benzene rings is 1. The molecule has 4 bridgehead atoms. The molecule has 1 unspecified atom stereocenters. The molecule has 0 saturated heterocycles. The largest absolute Gasteiger partial charge is 0.460 e. The Labute approximate surface area is 171 Å². The van der Waals surface area contributed by atoms with Gasteiger partial charge in [0.1, 0.15) is 11.5 Å². The van der Waals surface area contributed by atoms with Gasteiger partial charge < -0.3 is 9.73 Å². The van der Waals surface area contributed by atoms with Crippen LogP contribution in [0.1, 0.15) is 51.2 Å². The second-order valence-corrected chi connectivity index (χ2v) is 10.1. The SMILES string of the molecule is CC(NCc1ccc(-c2cc(Cl)ccc2Cl)o1)C12CC3CC(CC(C3)C1)C2. The molecule has 4 heteroatoms. The van der Waals surface area contributed by atoms with E-state index in [1.807, 2.05) is 24.3 Å². The number of hydrogen-bond acceptors (Lipinski definition) is 2. The minimum Gasteiger partial charge on any atom is -0.460 e. The van der Waals surface area contributed by atoms with Gasteiger partial charge in [-0.2, -0.15) is 0 Å². The number of nitrogens with one attached hydrogen (secondary N) is 1. The normalized spacial score (nSPS) is 32.8. The highest BCUT2D eigenvalue weighted by molar-refractivity contribution is 6.35. The van der Waals surface area contributed by atoms with Gasteiger partial charge in [0.15, 0.2) is 0 Å². The molecule has 27 heavy (non-hydrogen) atoms. The van der Waals surface area contributed by atoms with Crippen molar-refractivity contribution in [3.63, 3.8) is 0 Å². The standard InChI is InChI=1S/C23H27Cl2NO/c1-14(23-10-15-6-16(11-23)8-17(7-15)12-23)26-13-19-3-5-22(27-19)20-9-18(24)2-4-21(20)25/h2-5,9,14-17,26H,6-8,10-13H2,1H3. The first-order chi connectivity index (χ1) is 13.0. The maximum Gasteiger partial charge on any atom is 0.135 e. The van der Waals surface area contributed by atoms with E-state index in [9.17, 15) is 0 Å². The summed E-state index contributed by atoms with van der Waals surface area (Å²) in [4.78, 5) is 0. The first-order valence-corrected chi connectivity index (χ1v) is 11.0. The summed E-state index contributed by atoms with van der Waals surface area (Å²) in [5.74, 6) is 4.70. The average molecular weight is 404 g/mol. The van der Waals surface area contributed by atoms with Crippen molar-refractivity contribution < 1.29 is 4.42 Å². The van der Waals surface area contributed by atoms with Crippen LogP contribution >= 0.6 is 23.2 Å². The fourth-order valence-corrected chi connectivity index (χ4v) is 6.86. The van der Waals surface area contributed by atoms with Crippen LogP contribution in [0.15, 0.2) is 34.7 Å². The molecule has 2 nitrogen and oxygen atoms in total. The van der Waals surface area contributed by atoms with Gasteiger partial charge in [0.05, 0.1) is 11.6 Å². The van der Waals surface area contributed by atoms with E-state index in [2.05, 4.69) is 12.2 Å². The lowest BCUT2D eigenvalue weighted by Crippen LogP contribution is -2.54. The Morgan fingerprint density at radius 1 is 1.04 bits per heavy atom. The molecular formula is C23H27Cl2NO. The average Bonchev–Trinajstić information content (AvgIpc) is 3.09. The van der Waals surface area contributed by atoms with Crippen LogP contribution in [0.25, 0.3) is 11.3 Å². The summed E-state index contributed by atoms with van der Waals surface area (Å²) >= 11 is 12.4. The van der Waals surface area contributed by atoms with E-state index in [4.69, 9.17) is 27.6 Å². The van der Waals surface area contributed by atoms with Crippen LogP contribution in [0.3, 0.4) is 0 Å². The molecule has 0 radical (unpaired) electrons. The molecule has 4 saturated carbocycles. The second-order valence-electron chi connectivity index (χ2n) is 9.27. The van der Waals surface area contributed by atoms with Gasteiger partial charge in [-0.3, -0.25) is 0 Å². The Morgan fingerprint density at radius 3 is 2.37 bits per heavy atom. The van der Waals surface area contributed by atoms with Crippen molar-refractivity contribution in [2.24, 2.45) is 23.2 Å². The van der Waals surface area contributed by atoms with E-state index in [0.29, 0.717) is 21.5 Å².